The molecule has 0 bridgehead atoms. The molecule has 0 saturated heterocycles. The molecule has 0 amide bonds. The SMILES string of the molecule is CCNS(=O)(=O)c1cc(C)cc(Br)c1F. The Balaban J connectivity index is 3.38. The molecule has 0 saturated carbocycles. The molecular formula is C9H11BrFNO2S. The maximum atomic E-state index is 13.5. The Hall–Kier alpha value is -0.460. The van der Waals surface area contributed by atoms with Gasteiger partial charge in [0.2, 0.25) is 10.0 Å². The van der Waals surface area contributed by atoms with Crippen LogP contribution >= 0.6 is 15.9 Å². The molecule has 1 aromatic carbocycles. The lowest BCUT2D eigenvalue weighted by molar-refractivity contribution is 0.555. The summed E-state index contributed by atoms with van der Waals surface area (Å²) in [5.41, 5.74) is 0.680. The quantitative estimate of drug-likeness (QED) is 0.929. The number of sulfonamides is 1. The first-order valence-electron chi connectivity index (χ1n) is 4.33. The van der Waals surface area contributed by atoms with Gasteiger partial charge in [-0.2, -0.15) is 0 Å². The Bertz CT molecular complexity index is 473. The molecule has 1 N–H and O–H groups in total. The van der Waals surface area contributed by atoms with Crippen LogP contribution in [0.4, 0.5) is 4.39 Å². The van der Waals surface area contributed by atoms with Crippen LogP contribution in [-0.2, 0) is 10.0 Å². The number of benzene rings is 1. The first-order valence-corrected chi connectivity index (χ1v) is 6.61. The molecule has 1 rings (SSSR count). The molecule has 1 aromatic rings. The molecule has 0 spiro atoms. The van der Waals surface area contributed by atoms with Gasteiger partial charge in [-0.25, -0.2) is 17.5 Å². The summed E-state index contributed by atoms with van der Waals surface area (Å²) in [6.07, 6.45) is 0. The van der Waals surface area contributed by atoms with E-state index in [1.54, 1.807) is 13.8 Å². The maximum Gasteiger partial charge on any atom is 0.243 e. The second kappa shape index (κ2) is 4.59. The van der Waals surface area contributed by atoms with Crippen molar-refractivity contribution < 1.29 is 12.8 Å². The Morgan fingerprint density at radius 2 is 2.07 bits per heavy atom. The van der Waals surface area contributed by atoms with Gasteiger partial charge in [0, 0.05) is 6.54 Å². The minimum atomic E-state index is -3.74. The Labute approximate surface area is 96.9 Å². The summed E-state index contributed by atoms with van der Waals surface area (Å²) in [7, 11) is -3.74. The summed E-state index contributed by atoms with van der Waals surface area (Å²) in [5, 5.41) is 0. The average Bonchev–Trinajstić information content (AvgIpc) is 2.11. The van der Waals surface area contributed by atoms with E-state index in [0.29, 0.717) is 5.56 Å². The van der Waals surface area contributed by atoms with Gasteiger partial charge in [0.15, 0.2) is 5.82 Å². The lowest BCUT2D eigenvalue weighted by atomic mass is 10.2. The number of hydrogen-bond acceptors (Lipinski definition) is 2. The number of hydrogen-bond donors (Lipinski definition) is 1. The van der Waals surface area contributed by atoms with Crippen LogP contribution in [0, 0.1) is 12.7 Å². The normalized spacial score (nSPS) is 11.7. The van der Waals surface area contributed by atoms with Gasteiger partial charge >= 0.3 is 0 Å². The van der Waals surface area contributed by atoms with E-state index in [1.807, 2.05) is 0 Å². The van der Waals surface area contributed by atoms with Crippen LogP contribution in [0.25, 0.3) is 0 Å². The zero-order valence-electron chi connectivity index (χ0n) is 8.34. The zero-order chi connectivity index (χ0) is 11.6. The Kier molecular flexibility index (Phi) is 3.86. The minimum absolute atomic E-state index is 0.152. The largest absolute Gasteiger partial charge is 0.243 e. The molecule has 3 nitrogen and oxygen atoms in total. The third-order valence-corrected chi connectivity index (χ3v) is 3.88. The molecule has 0 heterocycles. The standard InChI is InChI=1S/C9H11BrFNO2S/c1-3-12-15(13,14)8-5-6(2)4-7(10)9(8)11/h4-5,12H,3H2,1-2H3. The Morgan fingerprint density at radius 3 is 2.60 bits per heavy atom. The van der Waals surface area contributed by atoms with Gasteiger partial charge in [-0.1, -0.05) is 6.92 Å². The van der Waals surface area contributed by atoms with E-state index in [9.17, 15) is 12.8 Å². The minimum Gasteiger partial charge on any atom is -0.211 e. The van der Waals surface area contributed by atoms with Crippen molar-refractivity contribution >= 4 is 26.0 Å². The number of aryl methyl sites for hydroxylation is 1. The average molecular weight is 296 g/mol. The molecule has 0 aromatic heterocycles. The third-order valence-electron chi connectivity index (χ3n) is 1.76. The first kappa shape index (κ1) is 12.6. The van der Waals surface area contributed by atoms with Gasteiger partial charge in [0.25, 0.3) is 0 Å². The van der Waals surface area contributed by atoms with Crippen LogP contribution in [-0.4, -0.2) is 15.0 Å². The number of nitrogens with one attached hydrogen (secondary N) is 1. The maximum absolute atomic E-state index is 13.5. The summed E-state index contributed by atoms with van der Waals surface area (Å²) in [6, 6.07) is 2.83. The van der Waals surface area contributed by atoms with E-state index in [4.69, 9.17) is 0 Å². The van der Waals surface area contributed by atoms with Crippen molar-refractivity contribution in [2.45, 2.75) is 18.7 Å². The van der Waals surface area contributed by atoms with Gasteiger partial charge in [-0.05, 0) is 40.5 Å². The predicted molar refractivity (Wildman–Crippen MR) is 59.7 cm³/mol. The van der Waals surface area contributed by atoms with Gasteiger partial charge < -0.3 is 0 Å². The monoisotopic (exact) mass is 295 g/mol. The van der Waals surface area contributed by atoms with E-state index in [2.05, 4.69) is 20.7 Å². The summed E-state index contributed by atoms with van der Waals surface area (Å²) >= 11 is 2.97. The Morgan fingerprint density at radius 1 is 1.47 bits per heavy atom. The lowest BCUT2D eigenvalue weighted by Gasteiger charge is -2.08. The first-order chi connectivity index (χ1) is 6.88. The van der Waals surface area contributed by atoms with Gasteiger partial charge in [0.05, 0.1) is 4.47 Å². The summed E-state index contributed by atoms with van der Waals surface area (Å²) in [4.78, 5) is -0.323. The second-order valence-electron chi connectivity index (χ2n) is 3.06. The van der Waals surface area contributed by atoms with E-state index >= 15 is 0 Å². The fraction of sp³-hybridized carbons (Fsp3) is 0.333. The molecule has 0 unspecified atom stereocenters. The number of rotatable bonds is 3. The molecule has 0 fully saturated rings. The third kappa shape index (κ3) is 2.76. The van der Waals surface area contributed by atoms with Crippen molar-refractivity contribution in [2.24, 2.45) is 0 Å². The van der Waals surface area contributed by atoms with Crippen molar-refractivity contribution in [2.75, 3.05) is 6.54 Å². The highest BCUT2D eigenvalue weighted by Crippen LogP contribution is 2.24. The number of halogens is 2. The molecule has 6 heteroatoms. The summed E-state index contributed by atoms with van der Waals surface area (Å²) in [6.45, 7) is 3.57. The molecule has 0 radical (unpaired) electrons. The smallest absolute Gasteiger partial charge is 0.211 e. The molecule has 15 heavy (non-hydrogen) atoms. The van der Waals surface area contributed by atoms with Crippen molar-refractivity contribution in [1.82, 2.24) is 4.72 Å². The van der Waals surface area contributed by atoms with Crippen molar-refractivity contribution in [1.29, 1.82) is 0 Å². The molecule has 0 aliphatic heterocycles. The van der Waals surface area contributed by atoms with E-state index in [-0.39, 0.29) is 15.9 Å². The predicted octanol–water partition coefficient (Wildman–Crippen LogP) is 2.19. The van der Waals surface area contributed by atoms with E-state index < -0.39 is 15.8 Å². The van der Waals surface area contributed by atoms with Crippen LogP contribution in [0.2, 0.25) is 0 Å². The highest BCUT2D eigenvalue weighted by atomic mass is 79.9. The highest BCUT2D eigenvalue weighted by molar-refractivity contribution is 9.10. The van der Waals surface area contributed by atoms with Crippen molar-refractivity contribution in [3.8, 4) is 0 Å². The summed E-state index contributed by atoms with van der Waals surface area (Å²) < 4.78 is 39.1. The van der Waals surface area contributed by atoms with Gasteiger partial charge in [-0.15, -0.1) is 0 Å². The lowest BCUT2D eigenvalue weighted by Crippen LogP contribution is -2.24. The van der Waals surface area contributed by atoms with Crippen molar-refractivity contribution in [3.05, 3.63) is 28.0 Å². The van der Waals surface area contributed by atoms with Crippen LogP contribution in [0.15, 0.2) is 21.5 Å². The highest BCUT2D eigenvalue weighted by Gasteiger charge is 2.20. The molecule has 84 valence electrons. The van der Waals surface area contributed by atoms with Gasteiger partial charge in [-0.3, -0.25) is 0 Å². The van der Waals surface area contributed by atoms with Crippen LogP contribution in [0.5, 0.6) is 0 Å². The molecule has 0 aliphatic carbocycles. The topological polar surface area (TPSA) is 46.2 Å². The molecule has 0 atom stereocenters. The van der Waals surface area contributed by atoms with Crippen LogP contribution in [0.1, 0.15) is 12.5 Å². The van der Waals surface area contributed by atoms with Crippen LogP contribution in [0.3, 0.4) is 0 Å². The van der Waals surface area contributed by atoms with Crippen molar-refractivity contribution in [3.63, 3.8) is 0 Å². The van der Waals surface area contributed by atoms with Gasteiger partial charge in [0.1, 0.15) is 4.90 Å². The molecule has 0 aliphatic rings. The summed E-state index contributed by atoms with van der Waals surface area (Å²) in [5.74, 6) is -0.762. The van der Waals surface area contributed by atoms with Crippen LogP contribution < -0.4 is 4.72 Å². The second-order valence-corrected chi connectivity index (χ2v) is 5.65. The van der Waals surface area contributed by atoms with E-state index in [0.717, 1.165) is 0 Å². The fourth-order valence-electron chi connectivity index (χ4n) is 1.16. The fourth-order valence-corrected chi connectivity index (χ4v) is 3.08. The zero-order valence-corrected chi connectivity index (χ0v) is 10.7. The van der Waals surface area contributed by atoms with E-state index in [1.165, 1.54) is 12.1 Å². The molecular weight excluding hydrogens is 285 g/mol.